The maximum atomic E-state index is 6.68. The molecule has 1 N–H and O–H groups in total. The molecule has 0 spiro atoms. The predicted octanol–water partition coefficient (Wildman–Crippen LogP) is 4.16. The van der Waals surface area contributed by atoms with E-state index in [-0.39, 0.29) is 0 Å². The molecule has 1 unspecified atom stereocenters. The van der Waals surface area contributed by atoms with Crippen LogP contribution < -0.4 is 10.1 Å². The second-order valence-electron chi connectivity index (χ2n) is 6.50. The Morgan fingerprint density at radius 3 is 2.86 bits per heavy atom. The Balaban J connectivity index is 1.91. The molecule has 1 aliphatic carbocycles. The number of piperidine rings is 1. The number of fused-ring (bicyclic) bond motifs is 1. The lowest BCUT2D eigenvalue weighted by atomic mass is 9.89. The summed E-state index contributed by atoms with van der Waals surface area (Å²) < 4.78 is 5.67. The summed E-state index contributed by atoms with van der Waals surface area (Å²) in [4.78, 5) is 0. The smallest absolute Gasteiger partial charge is 0.140 e. The normalized spacial score (nSPS) is 22.5. The Morgan fingerprint density at radius 2 is 2.10 bits per heavy atom. The number of ether oxygens (including phenoxy) is 1. The molecule has 2 aliphatic rings. The van der Waals surface area contributed by atoms with Crippen molar-refractivity contribution in [3.63, 3.8) is 0 Å². The maximum Gasteiger partial charge on any atom is 0.140 e. The van der Waals surface area contributed by atoms with Crippen molar-refractivity contribution in [3.8, 4) is 5.75 Å². The number of hydrogen-bond acceptors (Lipinski definition) is 2. The molecule has 0 bridgehead atoms. The van der Waals surface area contributed by atoms with E-state index in [1.54, 1.807) is 7.11 Å². The molecule has 0 saturated carbocycles. The van der Waals surface area contributed by atoms with E-state index in [4.69, 9.17) is 16.3 Å². The fraction of sp³-hybridized carbons (Fsp3) is 0.667. The van der Waals surface area contributed by atoms with Crippen LogP contribution in [0.5, 0.6) is 5.75 Å². The third kappa shape index (κ3) is 3.37. The Bertz CT molecular complexity index is 494. The van der Waals surface area contributed by atoms with E-state index in [1.165, 1.54) is 61.8 Å². The van der Waals surface area contributed by atoms with Gasteiger partial charge in [-0.25, -0.2) is 0 Å². The zero-order valence-corrected chi connectivity index (χ0v) is 13.8. The second kappa shape index (κ2) is 7.02. The van der Waals surface area contributed by atoms with Gasteiger partial charge in [-0.3, -0.25) is 0 Å². The minimum atomic E-state index is 0.715. The van der Waals surface area contributed by atoms with Crippen molar-refractivity contribution in [1.29, 1.82) is 0 Å². The first-order chi connectivity index (χ1) is 10.3. The molecule has 1 saturated heterocycles. The van der Waals surface area contributed by atoms with Crippen LogP contribution in [-0.4, -0.2) is 20.2 Å². The van der Waals surface area contributed by atoms with Crippen molar-refractivity contribution >= 4 is 11.6 Å². The number of halogens is 1. The SMILES string of the molecule is COc1c(CC2CCCNC2)cc2c(c1Cl)CCCCC2. The zero-order chi connectivity index (χ0) is 14.7. The summed E-state index contributed by atoms with van der Waals surface area (Å²) in [6.45, 7) is 2.29. The number of hydrogen-bond donors (Lipinski definition) is 1. The fourth-order valence-corrected chi connectivity index (χ4v) is 4.27. The summed E-state index contributed by atoms with van der Waals surface area (Å²) in [5.41, 5.74) is 4.13. The molecular formula is C18H26ClNO. The number of benzene rings is 1. The van der Waals surface area contributed by atoms with Gasteiger partial charge < -0.3 is 10.1 Å². The van der Waals surface area contributed by atoms with Crippen LogP contribution in [0, 0.1) is 5.92 Å². The molecule has 0 radical (unpaired) electrons. The van der Waals surface area contributed by atoms with Crippen LogP contribution in [0.3, 0.4) is 0 Å². The van der Waals surface area contributed by atoms with Crippen molar-refractivity contribution in [3.05, 3.63) is 27.8 Å². The van der Waals surface area contributed by atoms with Gasteiger partial charge in [-0.1, -0.05) is 24.1 Å². The molecule has 0 amide bonds. The molecule has 1 heterocycles. The van der Waals surface area contributed by atoms with Gasteiger partial charge in [-0.2, -0.15) is 0 Å². The van der Waals surface area contributed by atoms with Gasteiger partial charge >= 0.3 is 0 Å². The highest BCUT2D eigenvalue weighted by atomic mass is 35.5. The highest BCUT2D eigenvalue weighted by molar-refractivity contribution is 6.33. The molecule has 21 heavy (non-hydrogen) atoms. The molecular weight excluding hydrogens is 282 g/mol. The molecule has 1 atom stereocenters. The Morgan fingerprint density at radius 1 is 1.24 bits per heavy atom. The van der Waals surface area contributed by atoms with E-state index >= 15 is 0 Å². The average Bonchev–Trinajstić information content (AvgIpc) is 2.74. The van der Waals surface area contributed by atoms with E-state index in [0.717, 1.165) is 30.2 Å². The summed E-state index contributed by atoms with van der Waals surface area (Å²) in [6.07, 6.45) is 9.82. The van der Waals surface area contributed by atoms with E-state index in [1.807, 2.05) is 0 Å². The summed E-state index contributed by atoms with van der Waals surface area (Å²) in [5, 5.41) is 4.39. The summed E-state index contributed by atoms with van der Waals surface area (Å²) in [7, 11) is 1.76. The minimum Gasteiger partial charge on any atom is -0.495 e. The Labute approximate surface area is 133 Å². The van der Waals surface area contributed by atoms with Crippen LogP contribution in [0.1, 0.15) is 48.8 Å². The molecule has 3 rings (SSSR count). The first-order valence-corrected chi connectivity index (χ1v) is 8.75. The molecule has 1 aromatic carbocycles. The van der Waals surface area contributed by atoms with Crippen LogP contribution in [0.15, 0.2) is 6.07 Å². The summed E-state index contributed by atoms with van der Waals surface area (Å²) in [6, 6.07) is 2.39. The standard InChI is InChI=1S/C18H26ClNO/c1-21-18-15(10-13-6-5-9-20-12-13)11-14-7-3-2-4-8-16(14)17(18)19/h11,13,20H,2-10,12H2,1H3. The van der Waals surface area contributed by atoms with Crippen LogP contribution in [-0.2, 0) is 19.3 Å². The minimum absolute atomic E-state index is 0.715. The highest BCUT2D eigenvalue weighted by Gasteiger charge is 2.22. The van der Waals surface area contributed by atoms with Crippen LogP contribution in [0.25, 0.3) is 0 Å². The fourth-order valence-electron chi connectivity index (χ4n) is 3.85. The van der Waals surface area contributed by atoms with Gasteiger partial charge in [0.05, 0.1) is 12.1 Å². The lowest BCUT2D eigenvalue weighted by Crippen LogP contribution is -2.31. The van der Waals surface area contributed by atoms with Crippen molar-refractivity contribution in [1.82, 2.24) is 5.32 Å². The lowest BCUT2D eigenvalue weighted by Gasteiger charge is -2.25. The molecule has 1 aromatic rings. The second-order valence-corrected chi connectivity index (χ2v) is 6.88. The van der Waals surface area contributed by atoms with Crippen LogP contribution in [0.4, 0.5) is 0 Å². The highest BCUT2D eigenvalue weighted by Crippen LogP contribution is 2.39. The topological polar surface area (TPSA) is 21.3 Å². The third-order valence-corrected chi connectivity index (χ3v) is 5.38. The first-order valence-electron chi connectivity index (χ1n) is 8.37. The molecule has 2 nitrogen and oxygen atoms in total. The maximum absolute atomic E-state index is 6.68. The number of methoxy groups -OCH3 is 1. The van der Waals surface area contributed by atoms with Crippen LogP contribution in [0.2, 0.25) is 5.02 Å². The molecule has 1 fully saturated rings. The monoisotopic (exact) mass is 307 g/mol. The van der Waals surface area contributed by atoms with Gasteiger partial charge in [0.15, 0.2) is 0 Å². The van der Waals surface area contributed by atoms with Gasteiger partial charge in [0.25, 0.3) is 0 Å². The third-order valence-electron chi connectivity index (χ3n) is 4.98. The Kier molecular flexibility index (Phi) is 5.07. The lowest BCUT2D eigenvalue weighted by molar-refractivity contribution is 0.364. The van der Waals surface area contributed by atoms with Gasteiger partial charge in [-0.15, -0.1) is 0 Å². The van der Waals surface area contributed by atoms with Crippen molar-refractivity contribution in [2.24, 2.45) is 5.92 Å². The van der Waals surface area contributed by atoms with Gasteiger partial charge in [-0.05, 0) is 80.6 Å². The van der Waals surface area contributed by atoms with Gasteiger partial charge in [0, 0.05) is 0 Å². The van der Waals surface area contributed by atoms with Crippen molar-refractivity contribution in [2.75, 3.05) is 20.2 Å². The first kappa shape index (κ1) is 15.2. The van der Waals surface area contributed by atoms with Gasteiger partial charge in [0.1, 0.15) is 5.75 Å². The van der Waals surface area contributed by atoms with E-state index in [0.29, 0.717) is 5.92 Å². The van der Waals surface area contributed by atoms with E-state index in [9.17, 15) is 0 Å². The summed E-state index contributed by atoms with van der Waals surface area (Å²) in [5.74, 6) is 1.65. The number of nitrogens with one attached hydrogen (secondary N) is 1. The average molecular weight is 308 g/mol. The molecule has 0 aromatic heterocycles. The largest absolute Gasteiger partial charge is 0.495 e. The van der Waals surface area contributed by atoms with Crippen LogP contribution >= 0.6 is 11.6 Å². The van der Waals surface area contributed by atoms with Crippen molar-refractivity contribution < 1.29 is 4.74 Å². The van der Waals surface area contributed by atoms with Gasteiger partial charge in [0.2, 0.25) is 0 Å². The number of rotatable bonds is 3. The predicted molar refractivity (Wildman–Crippen MR) is 88.6 cm³/mol. The molecule has 1 aliphatic heterocycles. The van der Waals surface area contributed by atoms with Crippen molar-refractivity contribution in [2.45, 2.75) is 51.4 Å². The molecule has 3 heteroatoms. The zero-order valence-electron chi connectivity index (χ0n) is 13.0. The number of aryl methyl sites for hydroxylation is 1. The van der Waals surface area contributed by atoms with E-state index < -0.39 is 0 Å². The Hall–Kier alpha value is -0.730. The van der Waals surface area contributed by atoms with E-state index in [2.05, 4.69) is 11.4 Å². The quantitative estimate of drug-likeness (QED) is 0.847. The summed E-state index contributed by atoms with van der Waals surface area (Å²) >= 11 is 6.68. The molecule has 116 valence electrons.